The Labute approximate surface area is 146 Å². The first-order valence-corrected chi connectivity index (χ1v) is 8.61. The first-order chi connectivity index (χ1) is 10.0. The number of rotatable bonds is 5. The SMILES string of the molecule is CCNC(Cc1ccccc1Br)c1ccc(Br)c(Cl)c1F. The van der Waals surface area contributed by atoms with Crippen molar-refractivity contribution < 1.29 is 4.39 Å². The molecule has 2 aromatic carbocycles. The molecule has 0 heterocycles. The lowest BCUT2D eigenvalue weighted by Gasteiger charge is -2.20. The van der Waals surface area contributed by atoms with Crippen LogP contribution in [0.15, 0.2) is 45.3 Å². The van der Waals surface area contributed by atoms with Crippen molar-refractivity contribution >= 4 is 43.5 Å². The number of halogens is 4. The van der Waals surface area contributed by atoms with Crippen molar-refractivity contribution in [2.24, 2.45) is 0 Å². The molecule has 0 radical (unpaired) electrons. The van der Waals surface area contributed by atoms with Gasteiger partial charge in [0.1, 0.15) is 5.82 Å². The Morgan fingerprint density at radius 2 is 1.86 bits per heavy atom. The highest BCUT2D eigenvalue weighted by Crippen LogP contribution is 2.32. The van der Waals surface area contributed by atoms with Gasteiger partial charge in [-0.25, -0.2) is 4.39 Å². The van der Waals surface area contributed by atoms with Crippen molar-refractivity contribution in [2.75, 3.05) is 6.54 Å². The van der Waals surface area contributed by atoms with E-state index in [1.54, 1.807) is 12.1 Å². The molecule has 1 atom stereocenters. The van der Waals surface area contributed by atoms with Crippen LogP contribution in [0.5, 0.6) is 0 Å². The van der Waals surface area contributed by atoms with Gasteiger partial charge in [0.2, 0.25) is 0 Å². The van der Waals surface area contributed by atoms with E-state index in [-0.39, 0.29) is 16.9 Å². The molecule has 0 aliphatic heterocycles. The lowest BCUT2D eigenvalue weighted by Crippen LogP contribution is -2.24. The second-order valence-corrected chi connectivity index (χ2v) is 6.76. The van der Waals surface area contributed by atoms with Crippen LogP contribution in [-0.4, -0.2) is 6.54 Å². The molecule has 2 aromatic rings. The zero-order chi connectivity index (χ0) is 15.4. The first-order valence-electron chi connectivity index (χ1n) is 6.64. The molecule has 0 saturated carbocycles. The molecule has 21 heavy (non-hydrogen) atoms. The fourth-order valence-corrected chi connectivity index (χ4v) is 3.16. The number of nitrogens with one attached hydrogen (secondary N) is 1. The third-order valence-corrected chi connectivity index (χ3v) is 5.31. The van der Waals surface area contributed by atoms with Gasteiger partial charge < -0.3 is 5.32 Å². The molecule has 0 fully saturated rings. The summed E-state index contributed by atoms with van der Waals surface area (Å²) in [6.45, 7) is 2.76. The van der Waals surface area contributed by atoms with E-state index in [1.165, 1.54) is 0 Å². The summed E-state index contributed by atoms with van der Waals surface area (Å²) in [5.74, 6) is -0.371. The Bertz CT molecular complexity index is 634. The van der Waals surface area contributed by atoms with Gasteiger partial charge in [-0.1, -0.05) is 58.7 Å². The Hall–Kier alpha value is -0.420. The van der Waals surface area contributed by atoms with Crippen LogP contribution in [-0.2, 0) is 6.42 Å². The minimum absolute atomic E-state index is 0.126. The summed E-state index contributed by atoms with van der Waals surface area (Å²) >= 11 is 12.8. The van der Waals surface area contributed by atoms with Gasteiger partial charge in [-0.2, -0.15) is 0 Å². The van der Waals surface area contributed by atoms with Crippen LogP contribution in [0.25, 0.3) is 0 Å². The average Bonchev–Trinajstić information content (AvgIpc) is 2.47. The Morgan fingerprint density at radius 1 is 1.14 bits per heavy atom. The summed E-state index contributed by atoms with van der Waals surface area (Å²) in [7, 11) is 0. The van der Waals surface area contributed by atoms with Crippen LogP contribution < -0.4 is 5.32 Å². The van der Waals surface area contributed by atoms with Crippen LogP contribution in [0.3, 0.4) is 0 Å². The molecular formula is C16H15Br2ClFN. The highest BCUT2D eigenvalue weighted by Gasteiger charge is 2.19. The van der Waals surface area contributed by atoms with Crippen molar-refractivity contribution in [3.63, 3.8) is 0 Å². The number of benzene rings is 2. The monoisotopic (exact) mass is 433 g/mol. The summed E-state index contributed by atoms with van der Waals surface area (Å²) in [6.07, 6.45) is 0.685. The summed E-state index contributed by atoms with van der Waals surface area (Å²) in [4.78, 5) is 0. The van der Waals surface area contributed by atoms with Gasteiger partial charge in [0.25, 0.3) is 0 Å². The lowest BCUT2D eigenvalue weighted by atomic mass is 9.98. The maximum Gasteiger partial charge on any atom is 0.147 e. The average molecular weight is 436 g/mol. The Morgan fingerprint density at radius 3 is 2.52 bits per heavy atom. The van der Waals surface area contributed by atoms with E-state index in [0.717, 1.165) is 16.6 Å². The highest BCUT2D eigenvalue weighted by atomic mass is 79.9. The van der Waals surface area contributed by atoms with E-state index < -0.39 is 0 Å². The predicted octanol–water partition coefficient (Wildman–Crippen LogP) is 5.90. The van der Waals surface area contributed by atoms with Gasteiger partial charge in [-0.05, 0) is 46.6 Å². The topological polar surface area (TPSA) is 12.0 Å². The molecule has 1 nitrogen and oxygen atoms in total. The molecule has 1 unspecified atom stereocenters. The van der Waals surface area contributed by atoms with E-state index in [4.69, 9.17) is 11.6 Å². The normalized spacial score (nSPS) is 12.4. The van der Waals surface area contributed by atoms with Crippen LogP contribution in [0, 0.1) is 5.82 Å². The fourth-order valence-electron chi connectivity index (χ4n) is 2.23. The Kier molecular flexibility index (Phi) is 6.23. The molecule has 112 valence electrons. The third-order valence-electron chi connectivity index (χ3n) is 3.27. The summed E-state index contributed by atoms with van der Waals surface area (Å²) in [5, 5.41) is 3.45. The van der Waals surface area contributed by atoms with E-state index in [0.29, 0.717) is 16.5 Å². The molecule has 0 aliphatic rings. The van der Waals surface area contributed by atoms with Gasteiger partial charge >= 0.3 is 0 Å². The van der Waals surface area contributed by atoms with Crippen LogP contribution in [0.2, 0.25) is 5.02 Å². The summed E-state index contributed by atoms with van der Waals surface area (Å²) in [6, 6.07) is 11.4. The molecule has 0 amide bonds. The number of hydrogen-bond donors (Lipinski definition) is 1. The van der Waals surface area contributed by atoms with Crippen LogP contribution in [0.4, 0.5) is 4.39 Å². The molecule has 5 heteroatoms. The lowest BCUT2D eigenvalue weighted by molar-refractivity contribution is 0.509. The molecule has 0 aromatic heterocycles. The zero-order valence-corrected chi connectivity index (χ0v) is 15.4. The zero-order valence-electron chi connectivity index (χ0n) is 11.5. The Balaban J connectivity index is 2.36. The second-order valence-electron chi connectivity index (χ2n) is 4.67. The van der Waals surface area contributed by atoms with Crippen LogP contribution in [0.1, 0.15) is 24.1 Å². The molecular weight excluding hydrogens is 420 g/mol. The molecule has 2 rings (SSSR count). The molecule has 1 N–H and O–H groups in total. The third kappa shape index (κ3) is 4.07. The molecule has 0 bridgehead atoms. The van der Waals surface area contributed by atoms with Crippen molar-refractivity contribution in [1.29, 1.82) is 0 Å². The van der Waals surface area contributed by atoms with Gasteiger partial charge in [0.05, 0.1) is 5.02 Å². The van der Waals surface area contributed by atoms with Gasteiger partial charge in [-0.3, -0.25) is 0 Å². The van der Waals surface area contributed by atoms with Gasteiger partial charge in [-0.15, -0.1) is 0 Å². The van der Waals surface area contributed by atoms with E-state index >= 15 is 0 Å². The molecule has 0 saturated heterocycles. The summed E-state index contributed by atoms with van der Waals surface area (Å²) < 4.78 is 16.0. The fraction of sp³-hybridized carbons (Fsp3) is 0.250. The largest absolute Gasteiger partial charge is 0.310 e. The minimum atomic E-state index is -0.371. The first kappa shape index (κ1) is 16.9. The predicted molar refractivity (Wildman–Crippen MR) is 93.4 cm³/mol. The van der Waals surface area contributed by atoms with E-state index in [9.17, 15) is 4.39 Å². The van der Waals surface area contributed by atoms with E-state index in [2.05, 4.69) is 37.2 Å². The number of likely N-dealkylation sites (N-methyl/N-ethyl adjacent to an activating group) is 1. The van der Waals surface area contributed by atoms with Crippen molar-refractivity contribution in [3.8, 4) is 0 Å². The molecule has 0 aliphatic carbocycles. The highest BCUT2D eigenvalue weighted by molar-refractivity contribution is 9.10. The quantitative estimate of drug-likeness (QED) is 0.577. The van der Waals surface area contributed by atoms with Gasteiger partial charge in [0, 0.05) is 20.6 Å². The smallest absolute Gasteiger partial charge is 0.147 e. The van der Waals surface area contributed by atoms with E-state index in [1.807, 2.05) is 31.2 Å². The van der Waals surface area contributed by atoms with Gasteiger partial charge in [0.15, 0.2) is 0 Å². The maximum absolute atomic E-state index is 14.4. The standard InChI is InChI=1S/C16H15Br2ClFN/c1-2-21-14(9-10-5-3-4-6-12(10)17)11-7-8-13(18)15(19)16(11)20/h3-8,14,21H,2,9H2,1H3. The van der Waals surface area contributed by atoms with Crippen LogP contribution >= 0.6 is 43.5 Å². The van der Waals surface area contributed by atoms with Crippen molar-refractivity contribution in [3.05, 3.63) is 67.3 Å². The minimum Gasteiger partial charge on any atom is -0.310 e. The number of hydrogen-bond acceptors (Lipinski definition) is 1. The second kappa shape index (κ2) is 7.73. The maximum atomic E-state index is 14.4. The van der Waals surface area contributed by atoms with Crippen molar-refractivity contribution in [1.82, 2.24) is 5.32 Å². The summed E-state index contributed by atoms with van der Waals surface area (Å²) in [5.41, 5.74) is 1.71. The van der Waals surface area contributed by atoms with Crippen molar-refractivity contribution in [2.45, 2.75) is 19.4 Å². The molecule has 0 spiro atoms.